The molecule has 136 valence electrons. The zero-order valence-corrected chi connectivity index (χ0v) is 15.7. The van der Waals surface area contributed by atoms with Gasteiger partial charge in [0.15, 0.2) is 5.43 Å². The zero-order chi connectivity index (χ0) is 18.8. The summed E-state index contributed by atoms with van der Waals surface area (Å²) in [6.07, 6.45) is 3.61. The van der Waals surface area contributed by atoms with Crippen LogP contribution in [0.25, 0.3) is 5.65 Å². The van der Waals surface area contributed by atoms with E-state index in [4.69, 9.17) is 11.6 Å². The highest BCUT2D eigenvalue weighted by Gasteiger charge is 2.15. The normalized spacial score (nSPS) is 10.9. The first kappa shape index (κ1) is 18.1. The molecule has 0 aliphatic carbocycles. The van der Waals surface area contributed by atoms with Gasteiger partial charge in [-0.25, -0.2) is 0 Å². The van der Waals surface area contributed by atoms with Gasteiger partial charge in [0.1, 0.15) is 5.65 Å². The van der Waals surface area contributed by atoms with E-state index < -0.39 is 0 Å². The molecule has 0 saturated heterocycles. The number of aryl methyl sites for hydroxylation is 1. The molecule has 26 heavy (non-hydrogen) atoms. The van der Waals surface area contributed by atoms with Gasteiger partial charge in [-0.1, -0.05) is 11.6 Å². The maximum absolute atomic E-state index is 12.7. The number of halogens is 1. The lowest BCUT2D eigenvalue weighted by Gasteiger charge is -2.14. The smallest absolute Gasteiger partial charge is 0.251 e. The topological polar surface area (TPSA) is 78.4 Å². The van der Waals surface area contributed by atoms with E-state index >= 15 is 0 Å². The Balaban J connectivity index is 1.89. The average Bonchev–Trinajstić information content (AvgIpc) is 3.07. The fraction of sp³-hybridized carbons (Fsp3) is 0.263. The van der Waals surface area contributed by atoms with Crippen LogP contribution in [0.3, 0.4) is 0 Å². The molecule has 6 nitrogen and oxygen atoms in total. The van der Waals surface area contributed by atoms with Gasteiger partial charge in [-0.05, 0) is 38.5 Å². The quantitative estimate of drug-likeness (QED) is 0.643. The summed E-state index contributed by atoms with van der Waals surface area (Å²) in [6.45, 7) is 6.57. The van der Waals surface area contributed by atoms with E-state index in [1.807, 2.05) is 31.4 Å². The second kappa shape index (κ2) is 7.25. The van der Waals surface area contributed by atoms with Crippen molar-refractivity contribution < 1.29 is 4.79 Å². The van der Waals surface area contributed by atoms with Crippen LogP contribution in [0, 0.1) is 13.8 Å². The lowest BCUT2D eigenvalue weighted by atomic mass is 10.1. The van der Waals surface area contributed by atoms with Gasteiger partial charge in [0.05, 0.1) is 12.1 Å². The number of pyridine rings is 1. The first-order valence-electron chi connectivity index (χ1n) is 8.42. The number of carbonyl (C=O) groups excluding carboxylic acids is 1. The van der Waals surface area contributed by atoms with Gasteiger partial charge >= 0.3 is 0 Å². The number of benzene rings is 1. The minimum atomic E-state index is -0.270. The van der Waals surface area contributed by atoms with Crippen molar-refractivity contribution in [1.82, 2.24) is 14.7 Å². The third-order valence-corrected chi connectivity index (χ3v) is 4.62. The van der Waals surface area contributed by atoms with Gasteiger partial charge in [0.25, 0.3) is 5.91 Å². The van der Waals surface area contributed by atoms with Crippen molar-refractivity contribution in [2.24, 2.45) is 0 Å². The van der Waals surface area contributed by atoms with E-state index in [9.17, 15) is 9.59 Å². The number of fused-ring (bicyclic) bond motifs is 1. The molecule has 3 aromatic rings. The Hall–Kier alpha value is -2.73. The van der Waals surface area contributed by atoms with Gasteiger partial charge in [0, 0.05) is 47.0 Å². The van der Waals surface area contributed by atoms with Gasteiger partial charge < -0.3 is 20.0 Å². The van der Waals surface area contributed by atoms with Crippen LogP contribution in [0.2, 0.25) is 5.02 Å². The monoisotopic (exact) mass is 372 g/mol. The molecular weight excluding hydrogens is 352 g/mol. The number of hydrogen-bond donors (Lipinski definition) is 3. The number of amides is 1. The summed E-state index contributed by atoms with van der Waals surface area (Å²) >= 11 is 6.15. The fourth-order valence-electron chi connectivity index (χ4n) is 3.05. The molecule has 2 heterocycles. The predicted molar refractivity (Wildman–Crippen MR) is 104 cm³/mol. The van der Waals surface area contributed by atoms with E-state index in [0.29, 0.717) is 21.8 Å². The molecule has 7 heteroatoms. The number of nitrogens with one attached hydrogen (secondary N) is 3. The number of rotatable bonds is 5. The van der Waals surface area contributed by atoms with Crippen LogP contribution in [0.4, 0.5) is 5.69 Å². The molecule has 2 aromatic heterocycles. The molecule has 3 rings (SSSR count). The van der Waals surface area contributed by atoms with E-state index in [-0.39, 0.29) is 17.9 Å². The number of anilines is 1. The third kappa shape index (κ3) is 3.32. The van der Waals surface area contributed by atoms with Crippen molar-refractivity contribution in [2.75, 3.05) is 11.9 Å². The highest BCUT2D eigenvalue weighted by Crippen LogP contribution is 2.25. The number of imidazole rings is 1. The molecule has 0 aliphatic heterocycles. The lowest BCUT2D eigenvalue weighted by Crippen LogP contribution is -2.27. The van der Waals surface area contributed by atoms with E-state index in [2.05, 4.69) is 15.6 Å². The number of nitrogens with zero attached hydrogens (tertiary/aromatic N) is 1. The third-order valence-electron chi connectivity index (χ3n) is 4.40. The number of hydrogen-bond acceptors (Lipinski definition) is 3. The summed E-state index contributed by atoms with van der Waals surface area (Å²) in [5, 5.41) is 6.52. The maximum atomic E-state index is 12.7. The van der Waals surface area contributed by atoms with Crippen LogP contribution in [0.5, 0.6) is 0 Å². The van der Waals surface area contributed by atoms with Crippen LogP contribution in [0.1, 0.15) is 34.1 Å². The molecular formula is C19H21ClN4O2. The second-order valence-corrected chi connectivity index (χ2v) is 6.58. The lowest BCUT2D eigenvalue weighted by molar-refractivity contribution is 0.0950. The predicted octanol–water partition coefficient (Wildman–Crippen LogP) is 3.26. The van der Waals surface area contributed by atoms with Crippen LogP contribution in [-0.4, -0.2) is 21.8 Å². The molecule has 0 radical (unpaired) electrons. The SMILES string of the molecule is CCNc1cc(Cl)cc(C(=O)NCc2c(=O)cc(C)n3cc[nH]c23)c1C. The van der Waals surface area contributed by atoms with Crippen molar-refractivity contribution >= 4 is 28.8 Å². The standard InChI is InChI=1S/C19H21ClN4O2/c1-4-21-16-9-13(20)8-14(12(16)3)19(26)23-10-15-17(25)7-11(2)24-6-5-22-18(15)24/h5-9,21-22H,4,10H2,1-3H3,(H,23,26). The van der Waals surface area contributed by atoms with Gasteiger partial charge in [0.2, 0.25) is 0 Å². The van der Waals surface area contributed by atoms with Crippen LogP contribution in [0.15, 0.2) is 35.4 Å². The minimum Gasteiger partial charge on any atom is -0.385 e. The van der Waals surface area contributed by atoms with Crippen molar-refractivity contribution in [3.05, 3.63) is 68.2 Å². The Labute approximate surface area is 156 Å². The van der Waals surface area contributed by atoms with E-state index in [0.717, 1.165) is 23.5 Å². The largest absolute Gasteiger partial charge is 0.385 e. The summed E-state index contributed by atoms with van der Waals surface area (Å²) in [4.78, 5) is 28.1. The molecule has 0 saturated carbocycles. The van der Waals surface area contributed by atoms with Gasteiger partial charge in [-0.2, -0.15) is 0 Å². The number of carbonyl (C=O) groups is 1. The molecule has 0 atom stereocenters. The molecule has 0 aliphatic rings. The van der Waals surface area contributed by atoms with Crippen LogP contribution < -0.4 is 16.1 Å². The number of H-pyrrole nitrogens is 1. The summed E-state index contributed by atoms with van der Waals surface area (Å²) in [7, 11) is 0. The van der Waals surface area contributed by atoms with Crippen LogP contribution >= 0.6 is 11.6 Å². The first-order valence-corrected chi connectivity index (χ1v) is 8.80. The Kier molecular flexibility index (Phi) is 5.04. The first-order chi connectivity index (χ1) is 12.4. The highest BCUT2D eigenvalue weighted by atomic mass is 35.5. The molecule has 0 unspecified atom stereocenters. The average molecular weight is 373 g/mol. The Morgan fingerprint density at radius 1 is 1.27 bits per heavy atom. The minimum absolute atomic E-state index is 0.110. The summed E-state index contributed by atoms with van der Waals surface area (Å²) in [6, 6.07) is 5.00. The van der Waals surface area contributed by atoms with E-state index in [1.54, 1.807) is 24.4 Å². The van der Waals surface area contributed by atoms with Gasteiger partial charge in [-0.15, -0.1) is 0 Å². The molecule has 3 N–H and O–H groups in total. The summed E-state index contributed by atoms with van der Waals surface area (Å²) in [5.41, 5.74) is 4.06. The molecule has 0 fully saturated rings. The Bertz CT molecular complexity index is 1040. The summed E-state index contributed by atoms with van der Waals surface area (Å²) < 4.78 is 1.89. The molecule has 0 bridgehead atoms. The Morgan fingerprint density at radius 3 is 2.77 bits per heavy atom. The maximum Gasteiger partial charge on any atom is 0.251 e. The number of aromatic nitrogens is 2. The zero-order valence-electron chi connectivity index (χ0n) is 14.9. The van der Waals surface area contributed by atoms with Crippen molar-refractivity contribution in [2.45, 2.75) is 27.3 Å². The van der Waals surface area contributed by atoms with Crippen LogP contribution in [-0.2, 0) is 6.54 Å². The second-order valence-electron chi connectivity index (χ2n) is 6.15. The van der Waals surface area contributed by atoms with Crippen molar-refractivity contribution in [1.29, 1.82) is 0 Å². The van der Waals surface area contributed by atoms with Crippen molar-refractivity contribution in [3.63, 3.8) is 0 Å². The number of aromatic amines is 1. The van der Waals surface area contributed by atoms with Crippen molar-refractivity contribution in [3.8, 4) is 0 Å². The fourth-order valence-corrected chi connectivity index (χ4v) is 3.27. The molecule has 0 spiro atoms. The van der Waals surface area contributed by atoms with Gasteiger partial charge in [-0.3, -0.25) is 9.59 Å². The molecule has 1 aromatic carbocycles. The molecule has 1 amide bonds. The summed E-state index contributed by atoms with van der Waals surface area (Å²) in [5.74, 6) is -0.270. The Morgan fingerprint density at radius 2 is 2.04 bits per heavy atom. The highest BCUT2D eigenvalue weighted by molar-refractivity contribution is 6.31. The van der Waals surface area contributed by atoms with E-state index in [1.165, 1.54) is 0 Å².